The first-order valence-corrected chi connectivity index (χ1v) is 9.09. The molecule has 0 spiro atoms. The first-order chi connectivity index (χ1) is 12.8. The number of para-hydroxylation sites is 1. The first-order valence-electron chi connectivity index (χ1n) is 8.10. The van der Waals surface area contributed by atoms with Gasteiger partial charge in [-0.05, 0) is 24.3 Å². The molecule has 0 atom stereocenters. The number of nitrogens with zero attached hydrogens (tertiary/aromatic N) is 4. The van der Waals surface area contributed by atoms with E-state index < -0.39 is 0 Å². The van der Waals surface area contributed by atoms with Crippen molar-refractivity contribution in [3.05, 3.63) is 60.6 Å². The van der Waals surface area contributed by atoms with E-state index in [2.05, 4.69) is 20.5 Å². The average molecular weight is 369 g/mol. The molecule has 7 nitrogen and oxygen atoms in total. The van der Waals surface area contributed by atoms with Crippen LogP contribution in [0.1, 0.15) is 12.2 Å². The molecule has 0 unspecified atom stereocenters. The molecule has 0 aliphatic carbocycles. The third kappa shape index (κ3) is 4.68. The second-order valence-electron chi connectivity index (χ2n) is 5.36. The predicted molar refractivity (Wildman–Crippen MR) is 100 cm³/mol. The lowest BCUT2D eigenvalue weighted by Gasteiger charge is -2.09. The largest absolute Gasteiger partial charge is 0.377 e. The Kier molecular flexibility index (Phi) is 6.34. The smallest absolute Gasteiger partial charge is 0.226 e. The predicted octanol–water partition coefficient (Wildman–Crippen LogP) is 2.93. The lowest BCUT2D eigenvalue weighted by atomic mass is 10.3. The summed E-state index contributed by atoms with van der Waals surface area (Å²) < 4.78 is 7.16. The van der Waals surface area contributed by atoms with Gasteiger partial charge in [0.1, 0.15) is 12.4 Å². The number of amides is 1. The SMILES string of the molecule is COCc1nnc(SCCC(=O)Nc2ccccn2)n1-c1ccccc1. The van der Waals surface area contributed by atoms with Crippen molar-refractivity contribution in [2.24, 2.45) is 0 Å². The molecule has 0 aliphatic heterocycles. The van der Waals surface area contributed by atoms with Gasteiger partial charge in [0.05, 0.1) is 0 Å². The van der Waals surface area contributed by atoms with Crippen molar-refractivity contribution < 1.29 is 9.53 Å². The summed E-state index contributed by atoms with van der Waals surface area (Å²) >= 11 is 1.48. The summed E-state index contributed by atoms with van der Waals surface area (Å²) in [4.78, 5) is 16.1. The van der Waals surface area contributed by atoms with Crippen LogP contribution in [-0.2, 0) is 16.1 Å². The van der Waals surface area contributed by atoms with Crippen molar-refractivity contribution >= 4 is 23.5 Å². The fraction of sp³-hybridized carbons (Fsp3) is 0.222. The number of ether oxygens (including phenoxy) is 1. The Balaban J connectivity index is 1.64. The van der Waals surface area contributed by atoms with Gasteiger partial charge in [-0.25, -0.2) is 4.98 Å². The van der Waals surface area contributed by atoms with Gasteiger partial charge >= 0.3 is 0 Å². The van der Waals surface area contributed by atoms with Crippen molar-refractivity contribution in [2.75, 3.05) is 18.2 Å². The molecule has 0 fully saturated rings. The van der Waals surface area contributed by atoms with Crippen LogP contribution >= 0.6 is 11.8 Å². The van der Waals surface area contributed by atoms with Gasteiger partial charge in [-0.1, -0.05) is 36.0 Å². The maximum absolute atomic E-state index is 12.0. The van der Waals surface area contributed by atoms with Crippen LogP contribution in [0.25, 0.3) is 5.69 Å². The lowest BCUT2D eigenvalue weighted by Crippen LogP contribution is -2.13. The number of nitrogens with one attached hydrogen (secondary N) is 1. The molecule has 2 heterocycles. The average Bonchev–Trinajstić information content (AvgIpc) is 3.06. The standard InChI is InChI=1S/C18H19N5O2S/c1-25-13-16-21-22-18(23(16)14-7-3-2-4-8-14)26-12-10-17(24)20-15-9-5-6-11-19-15/h2-9,11H,10,12-13H2,1H3,(H,19,20,24). The highest BCUT2D eigenvalue weighted by Crippen LogP contribution is 2.23. The Labute approximate surface area is 155 Å². The molecule has 8 heteroatoms. The molecule has 1 aromatic carbocycles. The van der Waals surface area contributed by atoms with Crippen LogP contribution in [-0.4, -0.2) is 38.5 Å². The van der Waals surface area contributed by atoms with Crippen LogP contribution < -0.4 is 5.32 Å². The number of pyridine rings is 1. The summed E-state index contributed by atoms with van der Waals surface area (Å²) in [7, 11) is 1.62. The van der Waals surface area contributed by atoms with E-state index >= 15 is 0 Å². The second-order valence-corrected chi connectivity index (χ2v) is 6.43. The zero-order chi connectivity index (χ0) is 18.2. The van der Waals surface area contributed by atoms with Gasteiger partial charge in [-0.3, -0.25) is 9.36 Å². The third-order valence-electron chi connectivity index (χ3n) is 3.48. The van der Waals surface area contributed by atoms with E-state index in [0.717, 1.165) is 16.7 Å². The fourth-order valence-electron chi connectivity index (χ4n) is 2.33. The monoisotopic (exact) mass is 369 g/mol. The Hall–Kier alpha value is -2.71. The summed E-state index contributed by atoms with van der Waals surface area (Å²) in [6, 6.07) is 15.2. The number of benzene rings is 1. The van der Waals surface area contributed by atoms with Gasteiger partial charge in [0.2, 0.25) is 5.91 Å². The number of hydrogen-bond donors (Lipinski definition) is 1. The third-order valence-corrected chi connectivity index (χ3v) is 4.41. The molecule has 3 rings (SSSR count). The van der Waals surface area contributed by atoms with Crippen molar-refractivity contribution in [2.45, 2.75) is 18.2 Å². The summed E-state index contributed by atoms with van der Waals surface area (Å²) in [6.45, 7) is 0.364. The molecule has 2 aromatic heterocycles. The summed E-state index contributed by atoms with van der Waals surface area (Å²) in [6.07, 6.45) is 1.99. The van der Waals surface area contributed by atoms with E-state index in [-0.39, 0.29) is 5.91 Å². The molecule has 0 saturated carbocycles. The quantitative estimate of drug-likeness (QED) is 0.615. The van der Waals surface area contributed by atoms with Crippen LogP contribution in [0.5, 0.6) is 0 Å². The molecular weight excluding hydrogens is 350 g/mol. The Morgan fingerprint density at radius 1 is 1.15 bits per heavy atom. The van der Waals surface area contributed by atoms with Crippen molar-refractivity contribution in [1.29, 1.82) is 0 Å². The molecule has 0 radical (unpaired) electrons. The van der Waals surface area contributed by atoms with Gasteiger partial charge in [-0.2, -0.15) is 0 Å². The van der Waals surface area contributed by atoms with E-state index in [1.807, 2.05) is 41.0 Å². The maximum Gasteiger partial charge on any atom is 0.226 e. The van der Waals surface area contributed by atoms with Crippen molar-refractivity contribution in [3.8, 4) is 5.69 Å². The van der Waals surface area contributed by atoms with Gasteiger partial charge in [0.25, 0.3) is 0 Å². The number of anilines is 1. The molecule has 134 valence electrons. The van der Waals surface area contributed by atoms with Gasteiger partial charge < -0.3 is 10.1 Å². The zero-order valence-corrected chi connectivity index (χ0v) is 15.1. The number of aromatic nitrogens is 4. The molecule has 26 heavy (non-hydrogen) atoms. The van der Waals surface area contributed by atoms with Crippen LogP contribution in [0.15, 0.2) is 59.9 Å². The number of thioether (sulfide) groups is 1. The van der Waals surface area contributed by atoms with Crippen LogP contribution in [0.3, 0.4) is 0 Å². The number of rotatable bonds is 8. The second kappa shape index (κ2) is 9.12. The van der Waals surface area contributed by atoms with E-state index in [9.17, 15) is 4.79 Å². The van der Waals surface area contributed by atoms with E-state index in [1.165, 1.54) is 11.8 Å². The molecule has 1 N–H and O–H groups in total. The van der Waals surface area contributed by atoms with Gasteiger partial charge in [0.15, 0.2) is 11.0 Å². The van der Waals surface area contributed by atoms with Gasteiger partial charge in [0, 0.05) is 31.2 Å². The molecule has 3 aromatic rings. The minimum atomic E-state index is -0.0842. The number of methoxy groups -OCH3 is 1. The highest BCUT2D eigenvalue weighted by atomic mass is 32.2. The molecular formula is C18H19N5O2S. The number of carbonyl (C=O) groups is 1. The van der Waals surface area contributed by atoms with Crippen LogP contribution in [0.2, 0.25) is 0 Å². The molecule has 0 saturated heterocycles. The zero-order valence-electron chi connectivity index (χ0n) is 14.3. The number of hydrogen-bond acceptors (Lipinski definition) is 6. The van der Waals surface area contributed by atoms with E-state index in [0.29, 0.717) is 24.6 Å². The topological polar surface area (TPSA) is 81.9 Å². The van der Waals surface area contributed by atoms with Crippen molar-refractivity contribution in [3.63, 3.8) is 0 Å². The van der Waals surface area contributed by atoms with Gasteiger partial charge in [-0.15, -0.1) is 10.2 Å². The minimum absolute atomic E-state index is 0.0842. The lowest BCUT2D eigenvalue weighted by molar-refractivity contribution is -0.115. The fourth-order valence-corrected chi connectivity index (χ4v) is 3.24. The minimum Gasteiger partial charge on any atom is -0.377 e. The van der Waals surface area contributed by atoms with E-state index in [4.69, 9.17) is 4.74 Å². The number of carbonyl (C=O) groups excluding carboxylic acids is 1. The van der Waals surface area contributed by atoms with Crippen molar-refractivity contribution in [1.82, 2.24) is 19.7 Å². The Morgan fingerprint density at radius 2 is 1.96 bits per heavy atom. The molecule has 0 bridgehead atoms. The summed E-state index contributed by atoms with van der Waals surface area (Å²) in [5, 5.41) is 12.0. The normalized spacial score (nSPS) is 10.7. The Bertz CT molecular complexity index is 839. The first kappa shape index (κ1) is 18.1. The Morgan fingerprint density at radius 3 is 2.69 bits per heavy atom. The van der Waals surface area contributed by atoms with E-state index in [1.54, 1.807) is 25.4 Å². The highest BCUT2D eigenvalue weighted by molar-refractivity contribution is 7.99. The molecule has 1 amide bonds. The maximum atomic E-state index is 12.0. The van der Waals surface area contributed by atoms with Crippen LogP contribution in [0.4, 0.5) is 5.82 Å². The summed E-state index contributed by atoms with van der Waals surface area (Å²) in [5.41, 5.74) is 0.963. The highest BCUT2D eigenvalue weighted by Gasteiger charge is 2.14. The van der Waals surface area contributed by atoms with Crippen LogP contribution in [0, 0.1) is 0 Å². The summed E-state index contributed by atoms with van der Waals surface area (Å²) in [5.74, 6) is 1.77. The molecule has 0 aliphatic rings.